The van der Waals surface area contributed by atoms with E-state index in [-0.39, 0.29) is 0 Å². The number of halogens is 1. The molecule has 0 atom stereocenters. The number of unbranched alkanes of at least 4 members (excludes halogenated alkanes) is 9. The van der Waals surface area contributed by atoms with Crippen molar-refractivity contribution in [1.82, 2.24) is 0 Å². The van der Waals surface area contributed by atoms with Crippen LogP contribution in [0.4, 0.5) is 5.69 Å². The van der Waals surface area contributed by atoms with Gasteiger partial charge in [-0.3, -0.25) is 0 Å². The molecule has 0 aliphatic carbocycles. The smallest absolute Gasteiger partial charge is 0.0331 e. The summed E-state index contributed by atoms with van der Waals surface area (Å²) in [4.78, 5) is 1.31. The van der Waals surface area contributed by atoms with Gasteiger partial charge in [-0.1, -0.05) is 64.7 Å². The summed E-state index contributed by atoms with van der Waals surface area (Å²) in [6, 6.07) is 6.08. The van der Waals surface area contributed by atoms with E-state index in [0.717, 1.165) is 10.2 Å². The van der Waals surface area contributed by atoms with Crippen molar-refractivity contribution in [2.24, 2.45) is 0 Å². The third-order valence-corrected chi connectivity index (χ3v) is 5.79. The fourth-order valence-corrected chi connectivity index (χ4v) is 4.08. The lowest BCUT2D eigenvalue weighted by atomic mass is 10.1. The topological polar surface area (TPSA) is 26.0 Å². The second-order valence-electron chi connectivity index (χ2n) is 5.72. The predicted molar refractivity (Wildman–Crippen MR) is 101 cm³/mol. The van der Waals surface area contributed by atoms with Crippen LogP contribution in [0.15, 0.2) is 27.6 Å². The van der Waals surface area contributed by atoms with Crippen LogP contribution in [0.25, 0.3) is 0 Å². The van der Waals surface area contributed by atoms with Crippen LogP contribution in [0.2, 0.25) is 0 Å². The first kappa shape index (κ1) is 18.9. The molecule has 1 nitrogen and oxygen atoms in total. The first-order valence-corrected chi connectivity index (χ1v) is 10.2. The summed E-state index contributed by atoms with van der Waals surface area (Å²) in [6.45, 7) is 2.28. The van der Waals surface area contributed by atoms with Crippen LogP contribution in [0.1, 0.15) is 71.1 Å². The summed E-state index contributed by atoms with van der Waals surface area (Å²) in [5, 5.41) is 0. The third kappa shape index (κ3) is 9.46. The highest BCUT2D eigenvalue weighted by molar-refractivity contribution is 9.10. The number of nitrogen functional groups attached to an aromatic ring is 1. The van der Waals surface area contributed by atoms with Crippen LogP contribution in [0.5, 0.6) is 0 Å². The van der Waals surface area contributed by atoms with Crippen LogP contribution < -0.4 is 5.73 Å². The third-order valence-electron chi connectivity index (χ3n) is 3.71. The van der Waals surface area contributed by atoms with E-state index in [0.29, 0.717) is 0 Å². The van der Waals surface area contributed by atoms with E-state index in [9.17, 15) is 0 Å². The Balaban J connectivity index is 1.93. The summed E-state index contributed by atoms with van der Waals surface area (Å²) in [6.07, 6.45) is 14.0. The van der Waals surface area contributed by atoms with E-state index < -0.39 is 0 Å². The van der Waals surface area contributed by atoms with Gasteiger partial charge >= 0.3 is 0 Å². The summed E-state index contributed by atoms with van der Waals surface area (Å²) in [7, 11) is 0. The van der Waals surface area contributed by atoms with E-state index in [2.05, 4.69) is 28.9 Å². The van der Waals surface area contributed by atoms with Gasteiger partial charge in [-0.2, -0.15) is 0 Å². The molecule has 1 aromatic rings. The second kappa shape index (κ2) is 12.4. The normalized spacial score (nSPS) is 11.0. The van der Waals surface area contributed by atoms with Gasteiger partial charge in [0.2, 0.25) is 0 Å². The van der Waals surface area contributed by atoms with Gasteiger partial charge in [0, 0.05) is 15.1 Å². The summed E-state index contributed by atoms with van der Waals surface area (Å²) >= 11 is 5.51. The van der Waals surface area contributed by atoms with Crippen molar-refractivity contribution >= 4 is 33.4 Å². The van der Waals surface area contributed by atoms with Crippen molar-refractivity contribution in [1.29, 1.82) is 0 Å². The maximum absolute atomic E-state index is 5.75. The molecule has 0 spiro atoms. The monoisotopic (exact) mass is 371 g/mol. The molecule has 0 unspecified atom stereocenters. The maximum atomic E-state index is 5.75. The summed E-state index contributed by atoms with van der Waals surface area (Å²) < 4.78 is 1.12. The molecule has 1 rings (SSSR count). The van der Waals surface area contributed by atoms with Crippen LogP contribution in [0.3, 0.4) is 0 Å². The van der Waals surface area contributed by atoms with Gasteiger partial charge < -0.3 is 5.73 Å². The van der Waals surface area contributed by atoms with E-state index in [4.69, 9.17) is 5.73 Å². The number of hydrogen-bond donors (Lipinski definition) is 1. The maximum Gasteiger partial charge on any atom is 0.0331 e. The lowest BCUT2D eigenvalue weighted by molar-refractivity contribution is 0.563. The van der Waals surface area contributed by atoms with Crippen LogP contribution in [-0.2, 0) is 0 Å². The van der Waals surface area contributed by atoms with Gasteiger partial charge in [0.05, 0.1) is 0 Å². The minimum absolute atomic E-state index is 0.824. The molecule has 0 saturated heterocycles. The Morgan fingerprint density at radius 3 is 2.05 bits per heavy atom. The summed E-state index contributed by atoms with van der Waals surface area (Å²) in [5.41, 5.74) is 6.57. The minimum atomic E-state index is 0.824. The van der Waals surface area contributed by atoms with E-state index in [1.165, 1.54) is 74.9 Å². The van der Waals surface area contributed by atoms with Gasteiger partial charge in [-0.25, -0.2) is 0 Å². The molecule has 1 aromatic carbocycles. The minimum Gasteiger partial charge on any atom is -0.399 e. The van der Waals surface area contributed by atoms with Crippen molar-refractivity contribution in [2.45, 2.75) is 76.0 Å². The molecule has 0 aliphatic heterocycles. The first-order chi connectivity index (χ1) is 10.2. The fourth-order valence-electron chi connectivity index (χ4n) is 2.41. The highest BCUT2D eigenvalue weighted by Gasteiger charge is 2.01. The molecule has 0 aromatic heterocycles. The van der Waals surface area contributed by atoms with E-state index in [1.807, 2.05) is 23.9 Å². The molecule has 0 radical (unpaired) electrons. The SMILES string of the molecule is CCCCCCCCCCCCSc1ccc(N)cc1Br. The predicted octanol–water partition coefficient (Wildman–Crippen LogP) is 7.04. The van der Waals surface area contributed by atoms with Gasteiger partial charge in [0.1, 0.15) is 0 Å². The zero-order chi connectivity index (χ0) is 15.3. The van der Waals surface area contributed by atoms with Crippen LogP contribution in [0, 0.1) is 0 Å². The number of rotatable bonds is 12. The molecule has 0 saturated carbocycles. The van der Waals surface area contributed by atoms with Crippen molar-refractivity contribution in [3.8, 4) is 0 Å². The number of benzene rings is 1. The van der Waals surface area contributed by atoms with Crippen molar-refractivity contribution < 1.29 is 0 Å². The van der Waals surface area contributed by atoms with Crippen molar-refractivity contribution in [2.75, 3.05) is 11.5 Å². The molecule has 2 N–H and O–H groups in total. The molecule has 21 heavy (non-hydrogen) atoms. The zero-order valence-electron chi connectivity index (χ0n) is 13.4. The Morgan fingerprint density at radius 2 is 1.48 bits per heavy atom. The van der Waals surface area contributed by atoms with Crippen LogP contribution >= 0.6 is 27.7 Å². The lowest BCUT2D eigenvalue weighted by Gasteiger charge is -2.05. The Hall–Kier alpha value is -0.150. The Kier molecular flexibility index (Phi) is 11.2. The summed E-state index contributed by atoms with van der Waals surface area (Å²) in [5.74, 6) is 1.21. The molecular formula is C18H30BrNS. The van der Waals surface area contributed by atoms with Gasteiger partial charge in [-0.15, -0.1) is 11.8 Å². The highest BCUT2D eigenvalue weighted by Crippen LogP contribution is 2.29. The van der Waals surface area contributed by atoms with E-state index in [1.54, 1.807) is 0 Å². The number of thioether (sulfide) groups is 1. The average molecular weight is 372 g/mol. The Labute approximate surface area is 143 Å². The molecule has 0 aliphatic rings. The number of nitrogens with two attached hydrogens (primary N) is 1. The largest absolute Gasteiger partial charge is 0.399 e. The first-order valence-electron chi connectivity index (χ1n) is 8.42. The number of hydrogen-bond acceptors (Lipinski definition) is 2. The molecule has 0 bridgehead atoms. The number of anilines is 1. The van der Waals surface area contributed by atoms with Gasteiger partial charge in [0.15, 0.2) is 0 Å². The van der Waals surface area contributed by atoms with Crippen molar-refractivity contribution in [3.05, 3.63) is 22.7 Å². The van der Waals surface area contributed by atoms with E-state index >= 15 is 0 Å². The molecule has 0 fully saturated rings. The quantitative estimate of drug-likeness (QED) is 0.242. The fraction of sp³-hybridized carbons (Fsp3) is 0.667. The van der Waals surface area contributed by atoms with Crippen molar-refractivity contribution in [3.63, 3.8) is 0 Å². The highest BCUT2D eigenvalue weighted by atomic mass is 79.9. The molecule has 0 amide bonds. The Bertz CT molecular complexity index is 381. The Morgan fingerprint density at radius 1 is 0.905 bits per heavy atom. The molecule has 0 heterocycles. The average Bonchev–Trinajstić information content (AvgIpc) is 2.46. The molecular weight excluding hydrogens is 342 g/mol. The standard InChI is InChI=1S/C18H30BrNS/c1-2-3-4-5-6-7-8-9-10-11-14-21-18-13-12-16(20)15-17(18)19/h12-13,15H,2-11,14,20H2,1H3. The lowest BCUT2D eigenvalue weighted by Crippen LogP contribution is -1.87. The molecule has 120 valence electrons. The zero-order valence-corrected chi connectivity index (χ0v) is 15.8. The van der Waals surface area contributed by atoms with Gasteiger partial charge in [-0.05, 0) is 46.3 Å². The second-order valence-corrected chi connectivity index (χ2v) is 7.71. The van der Waals surface area contributed by atoms with Crippen LogP contribution in [-0.4, -0.2) is 5.75 Å². The van der Waals surface area contributed by atoms with Gasteiger partial charge in [0.25, 0.3) is 0 Å². The molecule has 3 heteroatoms.